The second-order valence-corrected chi connectivity index (χ2v) is 3.60. The summed E-state index contributed by atoms with van der Waals surface area (Å²) in [4.78, 5) is 0. The smallest absolute Gasteiger partial charge is 0.134 e. The van der Waals surface area contributed by atoms with Crippen molar-refractivity contribution < 1.29 is 0 Å². The second-order valence-electron chi connectivity index (χ2n) is 1.02. The molecule has 0 saturated heterocycles. The van der Waals surface area contributed by atoms with E-state index in [4.69, 9.17) is 22.1 Å². The number of rotatable bonds is 3. The lowest BCUT2D eigenvalue weighted by Gasteiger charge is -1.95. The van der Waals surface area contributed by atoms with Gasteiger partial charge in [-0.1, -0.05) is 0 Å². The van der Waals surface area contributed by atoms with Crippen LogP contribution in [0.3, 0.4) is 0 Å². The highest BCUT2D eigenvalue weighted by Gasteiger charge is 2.02. The van der Waals surface area contributed by atoms with E-state index in [-0.39, 0.29) is 4.71 Å². The van der Waals surface area contributed by atoms with Gasteiger partial charge in [0.15, 0.2) is 0 Å². The first-order chi connectivity index (χ1) is 4.31. The molecule has 0 fully saturated rings. The molecule has 0 radical (unpaired) electrons. The van der Waals surface area contributed by atoms with Crippen molar-refractivity contribution in [3.63, 3.8) is 0 Å². The Morgan fingerprint density at radius 1 is 1.44 bits per heavy atom. The van der Waals surface area contributed by atoms with Crippen LogP contribution in [0.5, 0.6) is 0 Å². The molecule has 1 atom stereocenters. The molecule has 0 aromatic carbocycles. The highest BCUT2D eigenvalue weighted by atomic mass is 35.5. The largest absolute Gasteiger partial charge is 0.185 e. The Labute approximate surface area is 67.2 Å². The molecule has 0 aromatic heterocycles. The zero-order chi connectivity index (χ0) is 7.11. The van der Waals surface area contributed by atoms with E-state index >= 15 is 0 Å². The zero-order valence-corrected chi connectivity index (χ0v) is 6.76. The van der Waals surface area contributed by atoms with E-state index in [1.807, 2.05) is 10.8 Å². The standard InChI is InChI=1S/C4H3ClN2S2/c5-4(9-3-7)1-8-2-6/h4H,1H2. The van der Waals surface area contributed by atoms with Gasteiger partial charge >= 0.3 is 0 Å². The summed E-state index contributed by atoms with van der Waals surface area (Å²) >= 11 is 7.56. The van der Waals surface area contributed by atoms with Gasteiger partial charge in [0.25, 0.3) is 0 Å². The van der Waals surface area contributed by atoms with Crippen molar-refractivity contribution in [1.29, 1.82) is 10.5 Å². The molecule has 0 aliphatic carbocycles. The van der Waals surface area contributed by atoms with E-state index in [9.17, 15) is 0 Å². The van der Waals surface area contributed by atoms with Crippen LogP contribution < -0.4 is 0 Å². The van der Waals surface area contributed by atoms with Gasteiger partial charge in [-0.05, 0) is 23.5 Å². The molecule has 0 N–H and O–H groups in total. The van der Waals surface area contributed by atoms with Crippen LogP contribution in [0.15, 0.2) is 0 Å². The molecule has 0 aliphatic heterocycles. The number of nitrogens with zero attached hydrogens (tertiary/aromatic N) is 2. The van der Waals surface area contributed by atoms with Crippen molar-refractivity contribution in [3.05, 3.63) is 0 Å². The van der Waals surface area contributed by atoms with E-state index in [0.717, 1.165) is 23.5 Å². The Morgan fingerprint density at radius 2 is 2.11 bits per heavy atom. The minimum atomic E-state index is -0.264. The zero-order valence-electron chi connectivity index (χ0n) is 4.37. The van der Waals surface area contributed by atoms with Crippen molar-refractivity contribution in [1.82, 2.24) is 0 Å². The molecule has 0 rings (SSSR count). The van der Waals surface area contributed by atoms with E-state index < -0.39 is 0 Å². The summed E-state index contributed by atoms with van der Waals surface area (Å²) in [6.45, 7) is 0. The SMILES string of the molecule is N#CSCC(Cl)SC#N. The number of thioether (sulfide) groups is 2. The lowest BCUT2D eigenvalue weighted by Crippen LogP contribution is -1.92. The molecule has 48 valence electrons. The monoisotopic (exact) mass is 178 g/mol. The predicted octanol–water partition coefficient (Wildman–Crippen LogP) is 1.98. The van der Waals surface area contributed by atoms with Crippen LogP contribution in [-0.4, -0.2) is 10.5 Å². The lowest BCUT2D eigenvalue weighted by molar-refractivity contribution is 1.44. The highest BCUT2D eigenvalue weighted by molar-refractivity contribution is 8.08. The van der Waals surface area contributed by atoms with Gasteiger partial charge in [0.05, 0.1) is 0 Å². The van der Waals surface area contributed by atoms with Gasteiger partial charge in [-0.25, -0.2) is 0 Å². The molecule has 5 heteroatoms. The number of nitriles is 2. The van der Waals surface area contributed by atoms with Crippen LogP contribution in [-0.2, 0) is 0 Å². The quantitative estimate of drug-likeness (QED) is 0.490. The van der Waals surface area contributed by atoms with E-state index in [1.54, 1.807) is 0 Å². The highest BCUT2D eigenvalue weighted by Crippen LogP contribution is 2.17. The molecule has 9 heavy (non-hydrogen) atoms. The van der Waals surface area contributed by atoms with E-state index in [2.05, 4.69) is 0 Å². The third kappa shape index (κ3) is 5.85. The average Bonchev–Trinajstić information content (AvgIpc) is 1.85. The maximum atomic E-state index is 8.07. The van der Waals surface area contributed by atoms with Gasteiger partial charge in [0.2, 0.25) is 0 Å². The molecule has 0 aliphatic rings. The van der Waals surface area contributed by atoms with Crippen LogP contribution in [0.1, 0.15) is 0 Å². The molecular weight excluding hydrogens is 176 g/mol. The normalized spacial score (nSPS) is 11.4. The van der Waals surface area contributed by atoms with E-state index in [0.29, 0.717) is 5.75 Å². The van der Waals surface area contributed by atoms with Gasteiger partial charge in [0.1, 0.15) is 15.5 Å². The fourth-order valence-corrected chi connectivity index (χ4v) is 1.30. The van der Waals surface area contributed by atoms with Crippen molar-refractivity contribution in [2.24, 2.45) is 0 Å². The minimum Gasteiger partial charge on any atom is -0.185 e. The number of halogens is 1. The van der Waals surface area contributed by atoms with Gasteiger partial charge in [0, 0.05) is 5.75 Å². The third-order valence-electron chi connectivity index (χ3n) is 0.460. The lowest BCUT2D eigenvalue weighted by atomic mass is 10.9. The van der Waals surface area contributed by atoms with Crippen molar-refractivity contribution in [2.45, 2.75) is 4.71 Å². The molecule has 2 nitrogen and oxygen atoms in total. The fraction of sp³-hybridized carbons (Fsp3) is 0.500. The van der Waals surface area contributed by atoms with Crippen molar-refractivity contribution >= 4 is 35.1 Å². The summed E-state index contributed by atoms with van der Waals surface area (Å²) < 4.78 is -0.264. The molecular formula is C4H3ClN2S2. The van der Waals surface area contributed by atoms with Gasteiger partial charge < -0.3 is 0 Å². The number of hydrogen-bond donors (Lipinski definition) is 0. The molecule has 0 bridgehead atoms. The van der Waals surface area contributed by atoms with Crippen LogP contribution in [0.2, 0.25) is 0 Å². The maximum Gasteiger partial charge on any atom is 0.134 e. The van der Waals surface area contributed by atoms with Crippen LogP contribution >= 0.6 is 35.1 Å². The predicted molar refractivity (Wildman–Crippen MR) is 40.9 cm³/mol. The Bertz CT molecular complexity index is 148. The van der Waals surface area contributed by atoms with Crippen molar-refractivity contribution in [3.8, 4) is 10.8 Å². The summed E-state index contributed by atoms with van der Waals surface area (Å²) in [5.74, 6) is 0.496. The third-order valence-corrected chi connectivity index (χ3v) is 2.43. The summed E-state index contributed by atoms with van der Waals surface area (Å²) in [7, 11) is 0. The summed E-state index contributed by atoms with van der Waals surface area (Å²) in [5, 5.41) is 19.8. The number of thiocyanates is 2. The first-order valence-corrected chi connectivity index (χ1v) is 4.31. The Morgan fingerprint density at radius 3 is 2.56 bits per heavy atom. The maximum absolute atomic E-state index is 8.07. The van der Waals surface area contributed by atoms with Crippen LogP contribution in [0.25, 0.3) is 0 Å². The molecule has 1 unspecified atom stereocenters. The van der Waals surface area contributed by atoms with Gasteiger partial charge in [-0.2, -0.15) is 10.5 Å². The number of alkyl halides is 1. The molecule has 0 spiro atoms. The molecule has 0 heterocycles. The molecule has 0 aromatic rings. The summed E-state index contributed by atoms with van der Waals surface area (Å²) in [6, 6.07) is 0. The van der Waals surface area contributed by atoms with Gasteiger partial charge in [-0.15, -0.1) is 11.6 Å². The summed E-state index contributed by atoms with van der Waals surface area (Å²) in [5.41, 5.74) is 0. The Hall–Kier alpha value is -0.0300. The molecule has 0 amide bonds. The van der Waals surface area contributed by atoms with E-state index in [1.165, 1.54) is 0 Å². The Balaban J connectivity index is 3.21. The topological polar surface area (TPSA) is 47.6 Å². The van der Waals surface area contributed by atoms with Gasteiger partial charge in [-0.3, -0.25) is 0 Å². The Kier molecular flexibility index (Phi) is 6.08. The minimum absolute atomic E-state index is 0.264. The van der Waals surface area contributed by atoms with Crippen LogP contribution in [0, 0.1) is 21.3 Å². The second kappa shape index (κ2) is 6.10. The molecule has 0 saturated carbocycles. The fourth-order valence-electron chi connectivity index (χ4n) is 0.194. The van der Waals surface area contributed by atoms with Crippen LogP contribution in [0.4, 0.5) is 0 Å². The summed E-state index contributed by atoms with van der Waals surface area (Å²) in [6.07, 6.45) is 0. The first-order valence-electron chi connectivity index (χ1n) is 2.01. The average molecular weight is 179 g/mol. The number of hydrogen-bond acceptors (Lipinski definition) is 4. The first kappa shape index (κ1) is 8.97. The van der Waals surface area contributed by atoms with Crippen molar-refractivity contribution in [2.75, 3.05) is 5.75 Å².